The van der Waals surface area contributed by atoms with E-state index < -0.39 is 0 Å². The first kappa shape index (κ1) is 14.9. The fourth-order valence-corrected chi connectivity index (χ4v) is 2.50. The van der Waals surface area contributed by atoms with Crippen LogP contribution in [0.15, 0.2) is 60.8 Å². The fourth-order valence-electron chi connectivity index (χ4n) is 2.50. The van der Waals surface area contributed by atoms with Gasteiger partial charge in [-0.3, -0.25) is 9.69 Å². The largest absolute Gasteiger partial charge is 0.508 e. The highest BCUT2D eigenvalue weighted by atomic mass is 16.3. The van der Waals surface area contributed by atoms with E-state index in [1.54, 1.807) is 35.4 Å². The number of aromatic hydroxyl groups is 1. The highest BCUT2D eigenvalue weighted by Crippen LogP contribution is 2.29. The maximum absolute atomic E-state index is 13.1. The molecule has 23 heavy (non-hydrogen) atoms. The van der Waals surface area contributed by atoms with Crippen molar-refractivity contribution < 1.29 is 9.90 Å². The minimum Gasteiger partial charge on any atom is -0.508 e. The van der Waals surface area contributed by atoms with Crippen LogP contribution in [0, 0.1) is 13.8 Å². The van der Waals surface area contributed by atoms with Crippen LogP contribution in [0.4, 0.5) is 11.4 Å². The highest BCUT2D eigenvalue weighted by Gasteiger charge is 2.22. The van der Waals surface area contributed by atoms with Crippen molar-refractivity contribution in [2.24, 2.45) is 0 Å². The zero-order chi connectivity index (χ0) is 16.4. The minimum absolute atomic E-state index is 0.108. The first-order chi connectivity index (χ1) is 11.1. The summed E-state index contributed by atoms with van der Waals surface area (Å²) in [5.41, 5.74) is 4.04. The van der Waals surface area contributed by atoms with Gasteiger partial charge in [0.05, 0.1) is 5.56 Å². The van der Waals surface area contributed by atoms with Crippen LogP contribution in [0.1, 0.15) is 21.6 Å². The Bertz CT molecular complexity index is 820. The number of aromatic nitrogens is 1. The van der Waals surface area contributed by atoms with Crippen molar-refractivity contribution in [1.29, 1.82) is 0 Å². The quantitative estimate of drug-likeness (QED) is 0.757. The van der Waals surface area contributed by atoms with Gasteiger partial charge >= 0.3 is 0 Å². The molecule has 4 heteroatoms. The smallest absolute Gasteiger partial charge is 0.264 e. The van der Waals surface area contributed by atoms with Gasteiger partial charge in [0.15, 0.2) is 0 Å². The third-order valence-corrected chi connectivity index (χ3v) is 3.96. The minimum atomic E-state index is -0.108. The molecule has 1 amide bonds. The molecule has 0 aliphatic rings. The molecule has 0 unspecified atom stereocenters. The molecule has 3 aromatic rings. The van der Waals surface area contributed by atoms with Crippen LogP contribution in [-0.2, 0) is 0 Å². The molecular weight excluding hydrogens is 288 g/mol. The molecule has 2 aromatic carbocycles. The summed E-state index contributed by atoms with van der Waals surface area (Å²) in [6.07, 6.45) is 1.74. The molecule has 4 nitrogen and oxygen atoms in total. The van der Waals surface area contributed by atoms with Gasteiger partial charge < -0.3 is 10.1 Å². The SMILES string of the molecule is Cc1[nH]cc(C(=O)N(c2ccccc2)c2ccc(O)cc2)c1C. The number of benzene rings is 2. The molecule has 0 radical (unpaired) electrons. The normalized spacial score (nSPS) is 10.5. The fraction of sp³-hybridized carbons (Fsp3) is 0.105. The number of carbonyl (C=O) groups excluding carboxylic acids is 1. The first-order valence-electron chi connectivity index (χ1n) is 7.41. The molecule has 1 aromatic heterocycles. The number of phenolic OH excluding ortho intramolecular Hbond substituents is 1. The Morgan fingerprint density at radius 2 is 1.57 bits per heavy atom. The van der Waals surface area contributed by atoms with E-state index in [2.05, 4.69) is 4.98 Å². The van der Waals surface area contributed by atoms with Gasteiger partial charge in [-0.25, -0.2) is 0 Å². The summed E-state index contributed by atoms with van der Waals surface area (Å²) in [7, 11) is 0. The summed E-state index contributed by atoms with van der Waals surface area (Å²) >= 11 is 0. The Morgan fingerprint density at radius 3 is 2.13 bits per heavy atom. The molecule has 1 heterocycles. The maximum atomic E-state index is 13.1. The summed E-state index contributed by atoms with van der Waals surface area (Å²) in [5, 5.41) is 9.50. The van der Waals surface area contributed by atoms with Crippen molar-refractivity contribution in [2.45, 2.75) is 13.8 Å². The lowest BCUT2D eigenvalue weighted by Gasteiger charge is -2.23. The van der Waals surface area contributed by atoms with Crippen molar-refractivity contribution in [1.82, 2.24) is 4.98 Å². The number of aryl methyl sites for hydroxylation is 1. The monoisotopic (exact) mass is 306 g/mol. The van der Waals surface area contributed by atoms with E-state index in [4.69, 9.17) is 0 Å². The van der Waals surface area contributed by atoms with E-state index in [9.17, 15) is 9.90 Å². The lowest BCUT2D eigenvalue weighted by molar-refractivity contribution is 0.0999. The molecule has 0 atom stereocenters. The van der Waals surface area contributed by atoms with Crippen molar-refractivity contribution >= 4 is 17.3 Å². The lowest BCUT2D eigenvalue weighted by Crippen LogP contribution is -2.26. The van der Waals surface area contributed by atoms with Gasteiger partial charge in [-0.05, 0) is 55.8 Å². The summed E-state index contributed by atoms with van der Waals surface area (Å²) in [6.45, 7) is 3.87. The number of aromatic amines is 1. The molecule has 3 rings (SSSR count). The first-order valence-corrected chi connectivity index (χ1v) is 7.41. The number of anilines is 2. The number of hydrogen-bond donors (Lipinski definition) is 2. The number of amides is 1. The second-order valence-electron chi connectivity index (χ2n) is 5.44. The van der Waals surface area contributed by atoms with Crippen LogP contribution < -0.4 is 4.90 Å². The number of nitrogens with one attached hydrogen (secondary N) is 1. The van der Waals surface area contributed by atoms with Crippen molar-refractivity contribution in [2.75, 3.05) is 4.90 Å². The van der Waals surface area contributed by atoms with Gasteiger partial charge in [-0.15, -0.1) is 0 Å². The Labute approximate surface area is 135 Å². The van der Waals surface area contributed by atoms with Crippen LogP contribution >= 0.6 is 0 Å². The van der Waals surface area contributed by atoms with E-state index in [1.807, 2.05) is 44.2 Å². The standard InChI is InChI=1S/C19H18N2O2/c1-13-14(2)20-12-18(13)19(23)21(15-6-4-3-5-7-15)16-8-10-17(22)11-9-16/h3-12,20,22H,1-2H3. The summed E-state index contributed by atoms with van der Waals surface area (Å²) in [5.74, 6) is 0.0617. The van der Waals surface area contributed by atoms with Gasteiger partial charge in [0.1, 0.15) is 5.75 Å². The number of nitrogens with zero attached hydrogens (tertiary/aromatic N) is 1. The van der Waals surface area contributed by atoms with E-state index in [1.165, 1.54) is 0 Å². The Kier molecular flexibility index (Phi) is 3.89. The summed E-state index contributed by atoms with van der Waals surface area (Å²) in [6, 6.07) is 16.1. The number of para-hydroxylation sites is 1. The number of hydrogen-bond acceptors (Lipinski definition) is 2. The van der Waals surface area contributed by atoms with Crippen LogP contribution in [0.2, 0.25) is 0 Å². The maximum Gasteiger partial charge on any atom is 0.264 e. The molecule has 0 fully saturated rings. The van der Waals surface area contributed by atoms with Crippen LogP contribution in [0.25, 0.3) is 0 Å². The van der Waals surface area contributed by atoms with Gasteiger partial charge in [-0.2, -0.15) is 0 Å². The number of carbonyl (C=O) groups is 1. The van der Waals surface area contributed by atoms with Crippen molar-refractivity contribution in [3.8, 4) is 5.75 Å². The molecule has 116 valence electrons. The lowest BCUT2D eigenvalue weighted by atomic mass is 10.1. The van der Waals surface area contributed by atoms with Crippen molar-refractivity contribution in [3.63, 3.8) is 0 Å². The second-order valence-corrected chi connectivity index (χ2v) is 5.44. The Hall–Kier alpha value is -3.01. The zero-order valence-corrected chi connectivity index (χ0v) is 13.1. The average Bonchev–Trinajstić information content (AvgIpc) is 2.90. The van der Waals surface area contributed by atoms with Gasteiger partial charge in [-0.1, -0.05) is 18.2 Å². The average molecular weight is 306 g/mol. The van der Waals surface area contributed by atoms with E-state index in [0.717, 1.165) is 16.9 Å². The topological polar surface area (TPSA) is 56.3 Å². The van der Waals surface area contributed by atoms with E-state index in [0.29, 0.717) is 11.3 Å². The molecule has 2 N–H and O–H groups in total. The molecule has 0 saturated heterocycles. The van der Waals surface area contributed by atoms with Crippen LogP contribution in [0.3, 0.4) is 0 Å². The third-order valence-electron chi connectivity index (χ3n) is 3.96. The molecule has 0 bridgehead atoms. The van der Waals surface area contributed by atoms with Crippen molar-refractivity contribution in [3.05, 3.63) is 77.6 Å². The van der Waals surface area contributed by atoms with Gasteiger partial charge in [0, 0.05) is 23.3 Å². The molecule has 0 aliphatic carbocycles. The third kappa shape index (κ3) is 2.83. The van der Waals surface area contributed by atoms with E-state index >= 15 is 0 Å². The second kappa shape index (κ2) is 6.01. The van der Waals surface area contributed by atoms with Crippen LogP contribution in [0.5, 0.6) is 5.75 Å². The molecule has 0 aliphatic heterocycles. The molecule has 0 saturated carbocycles. The number of H-pyrrole nitrogens is 1. The Balaban J connectivity index is 2.10. The molecule has 0 spiro atoms. The van der Waals surface area contributed by atoms with Gasteiger partial charge in [0.2, 0.25) is 0 Å². The summed E-state index contributed by atoms with van der Waals surface area (Å²) < 4.78 is 0. The summed E-state index contributed by atoms with van der Waals surface area (Å²) in [4.78, 5) is 17.9. The Morgan fingerprint density at radius 1 is 0.957 bits per heavy atom. The van der Waals surface area contributed by atoms with Crippen LogP contribution in [-0.4, -0.2) is 16.0 Å². The van der Waals surface area contributed by atoms with Gasteiger partial charge in [0.25, 0.3) is 5.91 Å². The predicted octanol–water partition coefficient (Wildman–Crippen LogP) is 4.32. The molecular formula is C19H18N2O2. The number of phenols is 1. The zero-order valence-electron chi connectivity index (χ0n) is 13.1. The highest BCUT2D eigenvalue weighted by molar-refractivity contribution is 6.11. The number of rotatable bonds is 3. The predicted molar refractivity (Wildman–Crippen MR) is 91.3 cm³/mol. The van der Waals surface area contributed by atoms with E-state index in [-0.39, 0.29) is 11.7 Å².